The van der Waals surface area contributed by atoms with Crippen molar-refractivity contribution in [2.45, 2.75) is 43.4 Å². The summed E-state index contributed by atoms with van der Waals surface area (Å²) in [7, 11) is -0.498. The molecule has 1 atom stereocenters. The highest BCUT2D eigenvalue weighted by Gasteiger charge is 2.43. The van der Waals surface area contributed by atoms with Crippen LogP contribution in [0.15, 0.2) is 65.6 Å². The van der Waals surface area contributed by atoms with E-state index < -0.39 is 21.3 Å². The number of benzene rings is 3. The van der Waals surface area contributed by atoms with Gasteiger partial charge in [0.05, 0.1) is 16.0 Å². The zero-order chi connectivity index (χ0) is 26.3. The van der Waals surface area contributed by atoms with Gasteiger partial charge in [-0.25, -0.2) is 12.7 Å². The number of rotatable bonds is 6. The molecule has 1 unspecified atom stereocenters. The van der Waals surface area contributed by atoms with Gasteiger partial charge in [0.1, 0.15) is 0 Å². The van der Waals surface area contributed by atoms with Crippen LogP contribution in [-0.4, -0.2) is 40.2 Å². The molecule has 8 nitrogen and oxygen atoms in total. The van der Waals surface area contributed by atoms with Crippen molar-refractivity contribution in [2.24, 2.45) is 0 Å². The van der Waals surface area contributed by atoms with Crippen LogP contribution in [-0.2, 0) is 29.8 Å². The molecule has 1 aliphatic heterocycles. The van der Waals surface area contributed by atoms with Crippen LogP contribution in [0.3, 0.4) is 0 Å². The van der Waals surface area contributed by atoms with Gasteiger partial charge in [0.2, 0.25) is 17.7 Å². The van der Waals surface area contributed by atoms with E-state index in [2.05, 4.69) is 5.32 Å². The minimum absolute atomic E-state index is 0.0261. The highest BCUT2D eigenvalue weighted by Crippen LogP contribution is 2.38. The number of fused-ring (bicyclic) bond motifs is 1. The van der Waals surface area contributed by atoms with Gasteiger partial charge >= 0.3 is 0 Å². The molecule has 9 heteroatoms. The number of carbonyl (C=O) groups is 3. The van der Waals surface area contributed by atoms with Crippen LogP contribution in [0, 0.1) is 0 Å². The van der Waals surface area contributed by atoms with Crippen LogP contribution >= 0.6 is 0 Å². The molecule has 1 heterocycles. The highest BCUT2D eigenvalue weighted by atomic mass is 32.2. The Morgan fingerprint density at radius 2 is 1.61 bits per heavy atom. The maximum atomic E-state index is 13.9. The van der Waals surface area contributed by atoms with Crippen molar-refractivity contribution in [1.29, 1.82) is 0 Å². The first kappa shape index (κ1) is 25.4. The molecule has 0 saturated carbocycles. The number of sulfonamides is 1. The summed E-state index contributed by atoms with van der Waals surface area (Å²) in [5.74, 6) is -1.32. The summed E-state index contributed by atoms with van der Waals surface area (Å²) >= 11 is 0. The van der Waals surface area contributed by atoms with Gasteiger partial charge in [0.15, 0.2) is 0 Å². The number of imide groups is 1. The van der Waals surface area contributed by atoms with Crippen LogP contribution in [0.2, 0.25) is 0 Å². The SMILES string of the molecule is CCC1(c2ccc(N(C(C)=O)S(=O)(=O)c3cccc4c(N(C)C)cccc34)cc2)CCC(=O)NC1=O. The van der Waals surface area contributed by atoms with Crippen LogP contribution in [0.1, 0.15) is 38.7 Å². The quantitative estimate of drug-likeness (QED) is 0.510. The molecule has 1 N–H and O–H groups in total. The molecule has 0 radical (unpaired) electrons. The third-order valence-electron chi connectivity index (χ3n) is 6.87. The van der Waals surface area contributed by atoms with Crippen molar-refractivity contribution >= 4 is 49.9 Å². The van der Waals surface area contributed by atoms with Gasteiger partial charge in [-0.2, -0.15) is 0 Å². The van der Waals surface area contributed by atoms with E-state index in [0.717, 1.165) is 15.4 Å². The molecular weight excluding hydrogens is 478 g/mol. The topological polar surface area (TPSA) is 104 Å². The number of hydrogen-bond donors (Lipinski definition) is 1. The molecule has 4 rings (SSSR count). The molecule has 3 amide bonds. The summed E-state index contributed by atoms with van der Waals surface area (Å²) in [5, 5.41) is 3.68. The number of nitrogens with zero attached hydrogens (tertiary/aromatic N) is 2. The number of amides is 3. The minimum atomic E-state index is -4.26. The summed E-state index contributed by atoms with van der Waals surface area (Å²) in [6.07, 6.45) is 1.07. The fourth-order valence-corrected chi connectivity index (χ4v) is 6.59. The third-order valence-corrected chi connectivity index (χ3v) is 8.73. The number of piperidine rings is 1. The van der Waals surface area contributed by atoms with E-state index in [0.29, 0.717) is 23.8 Å². The van der Waals surface area contributed by atoms with Crippen LogP contribution in [0.5, 0.6) is 0 Å². The van der Waals surface area contributed by atoms with Crippen molar-refractivity contribution in [3.05, 3.63) is 66.2 Å². The van der Waals surface area contributed by atoms with Crippen molar-refractivity contribution in [2.75, 3.05) is 23.3 Å². The fraction of sp³-hybridized carbons (Fsp3) is 0.296. The molecule has 3 aromatic carbocycles. The van der Waals surface area contributed by atoms with E-state index in [9.17, 15) is 22.8 Å². The second-order valence-electron chi connectivity index (χ2n) is 9.17. The van der Waals surface area contributed by atoms with Gasteiger partial charge in [-0.1, -0.05) is 43.3 Å². The molecule has 0 aromatic heterocycles. The number of nitrogens with one attached hydrogen (secondary N) is 1. The lowest BCUT2D eigenvalue weighted by Crippen LogP contribution is -2.51. The molecule has 3 aromatic rings. The molecule has 36 heavy (non-hydrogen) atoms. The Morgan fingerprint density at radius 1 is 0.972 bits per heavy atom. The fourth-order valence-electron chi connectivity index (χ4n) is 4.95. The maximum absolute atomic E-state index is 13.9. The largest absolute Gasteiger partial charge is 0.377 e. The van der Waals surface area contributed by atoms with Crippen molar-refractivity contribution < 1.29 is 22.8 Å². The summed E-state index contributed by atoms with van der Waals surface area (Å²) in [6.45, 7) is 3.08. The van der Waals surface area contributed by atoms with Gasteiger partial charge < -0.3 is 4.90 Å². The Kier molecular flexibility index (Phi) is 6.62. The van der Waals surface area contributed by atoms with Crippen molar-refractivity contribution in [3.8, 4) is 0 Å². The summed E-state index contributed by atoms with van der Waals surface area (Å²) in [6, 6.07) is 16.8. The molecule has 1 saturated heterocycles. The standard InChI is InChI=1S/C27H29N3O5S/c1-5-27(17-16-25(32)28-26(27)33)19-12-14-20(15-13-19)30(18(2)31)36(34,35)24-11-7-8-21-22(24)9-6-10-23(21)29(3)4/h6-15H,5,16-17H2,1-4H3,(H,28,32,33). The lowest BCUT2D eigenvalue weighted by Gasteiger charge is -2.35. The summed E-state index contributed by atoms with van der Waals surface area (Å²) in [5.41, 5.74) is 0.813. The Hall–Kier alpha value is -3.72. The van der Waals surface area contributed by atoms with E-state index in [-0.39, 0.29) is 28.8 Å². The Balaban J connectivity index is 1.79. The first-order chi connectivity index (χ1) is 17.0. The van der Waals surface area contributed by atoms with Crippen LogP contribution in [0.4, 0.5) is 11.4 Å². The van der Waals surface area contributed by atoms with Crippen molar-refractivity contribution in [1.82, 2.24) is 5.32 Å². The van der Waals surface area contributed by atoms with Crippen LogP contribution < -0.4 is 14.5 Å². The normalized spacial score (nSPS) is 18.1. The molecule has 0 spiro atoms. The zero-order valence-electron chi connectivity index (χ0n) is 20.7. The lowest BCUT2D eigenvalue weighted by molar-refractivity contribution is -0.138. The van der Waals surface area contributed by atoms with Gasteiger partial charge in [-0.15, -0.1) is 0 Å². The lowest BCUT2D eigenvalue weighted by atomic mass is 9.72. The highest BCUT2D eigenvalue weighted by molar-refractivity contribution is 7.93. The second kappa shape index (κ2) is 9.39. The van der Waals surface area contributed by atoms with E-state index >= 15 is 0 Å². The maximum Gasteiger partial charge on any atom is 0.271 e. The average molecular weight is 508 g/mol. The predicted octanol–water partition coefficient (Wildman–Crippen LogP) is 3.73. The minimum Gasteiger partial charge on any atom is -0.377 e. The molecule has 1 aliphatic rings. The summed E-state index contributed by atoms with van der Waals surface area (Å²) in [4.78, 5) is 39.0. The van der Waals surface area contributed by atoms with Gasteiger partial charge in [0.25, 0.3) is 10.0 Å². The predicted molar refractivity (Wildman–Crippen MR) is 139 cm³/mol. The monoisotopic (exact) mass is 507 g/mol. The molecule has 0 bridgehead atoms. The van der Waals surface area contributed by atoms with E-state index in [4.69, 9.17) is 0 Å². The first-order valence-electron chi connectivity index (χ1n) is 11.7. The van der Waals surface area contributed by atoms with Gasteiger partial charge in [-0.3, -0.25) is 19.7 Å². The second-order valence-corrected chi connectivity index (χ2v) is 10.9. The first-order valence-corrected chi connectivity index (χ1v) is 13.2. The van der Waals surface area contributed by atoms with Gasteiger partial charge in [0, 0.05) is 43.9 Å². The molecule has 188 valence electrons. The Bertz CT molecular complexity index is 1460. The number of anilines is 2. The van der Waals surface area contributed by atoms with E-state index in [1.54, 1.807) is 30.3 Å². The average Bonchev–Trinajstić information content (AvgIpc) is 2.84. The van der Waals surface area contributed by atoms with Crippen LogP contribution in [0.25, 0.3) is 10.8 Å². The van der Waals surface area contributed by atoms with Gasteiger partial charge in [-0.05, 0) is 42.7 Å². The Labute approximate surface area is 210 Å². The van der Waals surface area contributed by atoms with E-state index in [1.165, 1.54) is 25.1 Å². The number of hydrogen-bond acceptors (Lipinski definition) is 6. The van der Waals surface area contributed by atoms with E-state index in [1.807, 2.05) is 38.1 Å². The third kappa shape index (κ3) is 4.13. The Morgan fingerprint density at radius 3 is 2.19 bits per heavy atom. The summed E-state index contributed by atoms with van der Waals surface area (Å²) < 4.78 is 28.5. The molecular formula is C27H29N3O5S. The number of carbonyl (C=O) groups excluding carboxylic acids is 3. The zero-order valence-corrected chi connectivity index (χ0v) is 21.6. The molecule has 0 aliphatic carbocycles. The van der Waals surface area contributed by atoms with Crippen molar-refractivity contribution in [3.63, 3.8) is 0 Å². The smallest absolute Gasteiger partial charge is 0.271 e. The molecule has 1 fully saturated rings.